The van der Waals surface area contributed by atoms with Crippen LogP contribution in [0.2, 0.25) is 0 Å². The van der Waals surface area contributed by atoms with E-state index in [1.54, 1.807) is 13.2 Å². The summed E-state index contributed by atoms with van der Waals surface area (Å²) in [6.45, 7) is 4.08. The van der Waals surface area contributed by atoms with Gasteiger partial charge in [0.05, 0.1) is 12.7 Å². The van der Waals surface area contributed by atoms with Gasteiger partial charge in [0.2, 0.25) is 0 Å². The second-order valence-corrected chi connectivity index (χ2v) is 6.86. The Balaban J connectivity index is 1.78. The zero-order chi connectivity index (χ0) is 22.2. The smallest absolute Gasteiger partial charge is 0.189 e. The summed E-state index contributed by atoms with van der Waals surface area (Å²) >= 11 is 0. The lowest BCUT2D eigenvalue weighted by atomic mass is 10.1. The normalized spacial score (nSPS) is 10.7. The molecule has 0 heterocycles. The fourth-order valence-electron chi connectivity index (χ4n) is 3.13. The molecule has 0 spiro atoms. The summed E-state index contributed by atoms with van der Waals surface area (Å²) in [5.41, 5.74) is 2.78. The van der Waals surface area contributed by atoms with Crippen molar-refractivity contribution >= 4 is 11.9 Å². The van der Waals surface area contributed by atoms with Crippen LogP contribution in [0.15, 0.2) is 79.4 Å². The molecule has 0 bridgehead atoms. The van der Waals surface area contributed by atoms with Gasteiger partial charge in [-0.05, 0) is 54.0 Å². The van der Waals surface area contributed by atoms with Crippen molar-refractivity contribution < 1.29 is 24.5 Å². The van der Waals surface area contributed by atoms with Gasteiger partial charge in [-0.25, -0.2) is 0 Å². The van der Waals surface area contributed by atoms with Crippen LogP contribution in [0.3, 0.4) is 0 Å². The number of hydrogen-bond acceptors (Lipinski definition) is 5. The number of carbonyl (C=O) groups excluding carboxylic acids is 1. The van der Waals surface area contributed by atoms with E-state index in [0.717, 1.165) is 28.5 Å². The molecule has 0 saturated heterocycles. The fourth-order valence-corrected chi connectivity index (χ4v) is 3.13. The van der Waals surface area contributed by atoms with E-state index in [9.17, 15) is 15.0 Å². The summed E-state index contributed by atoms with van der Waals surface area (Å²) < 4.78 is 11.5. The highest BCUT2D eigenvalue weighted by molar-refractivity contribution is 6.08. The highest BCUT2D eigenvalue weighted by Gasteiger charge is 2.10. The van der Waals surface area contributed by atoms with Crippen molar-refractivity contribution in [2.75, 3.05) is 7.11 Å². The molecule has 3 rings (SSSR count). The Kier molecular flexibility index (Phi) is 7.12. The molecule has 0 fully saturated rings. The van der Waals surface area contributed by atoms with Crippen LogP contribution in [0.5, 0.6) is 23.0 Å². The number of methoxy groups -OCH3 is 1. The standard InChI is InChI=1S/C26H24O5/c1-3-6-19-7-4-5-8-26(19)31-17-20-15-18(10-14-25(20)30-2)9-13-23(28)22-12-11-21(27)16-24(22)29/h3-5,7-16,27,29H,1,6,17H2,2H3/b13-9+. The maximum atomic E-state index is 12.4. The Morgan fingerprint density at radius 2 is 1.81 bits per heavy atom. The zero-order valence-corrected chi connectivity index (χ0v) is 17.2. The van der Waals surface area contributed by atoms with E-state index in [2.05, 4.69) is 6.58 Å². The molecular weight excluding hydrogens is 392 g/mol. The summed E-state index contributed by atoms with van der Waals surface area (Å²) in [5.74, 6) is 0.720. The average Bonchev–Trinajstić information content (AvgIpc) is 2.77. The van der Waals surface area contributed by atoms with E-state index in [4.69, 9.17) is 9.47 Å². The molecule has 2 N–H and O–H groups in total. The van der Waals surface area contributed by atoms with Gasteiger partial charge in [-0.2, -0.15) is 0 Å². The van der Waals surface area contributed by atoms with Crippen LogP contribution in [0, 0.1) is 0 Å². The average molecular weight is 416 g/mol. The van der Waals surface area contributed by atoms with E-state index in [1.807, 2.05) is 48.5 Å². The lowest BCUT2D eigenvalue weighted by molar-refractivity contribution is 0.104. The molecule has 0 unspecified atom stereocenters. The number of para-hydroxylation sites is 1. The van der Waals surface area contributed by atoms with Crippen LogP contribution in [0.1, 0.15) is 27.0 Å². The van der Waals surface area contributed by atoms with Gasteiger partial charge in [0.15, 0.2) is 5.78 Å². The van der Waals surface area contributed by atoms with Crippen LogP contribution in [0.4, 0.5) is 0 Å². The van der Waals surface area contributed by atoms with Crippen molar-refractivity contribution in [2.24, 2.45) is 0 Å². The van der Waals surface area contributed by atoms with E-state index in [1.165, 1.54) is 18.2 Å². The summed E-state index contributed by atoms with van der Waals surface area (Å²) in [6.07, 6.45) is 5.57. The van der Waals surface area contributed by atoms with Crippen molar-refractivity contribution in [1.82, 2.24) is 0 Å². The largest absolute Gasteiger partial charge is 0.508 e. The number of allylic oxidation sites excluding steroid dienone is 2. The third-order valence-corrected chi connectivity index (χ3v) is 4.70. The molecule has 3 aromatic carbocycles. The third kappa shape index (κ3) is 5.54. The van der Waals surface area contributed by atoms with Crippen molar-refractivity contribution in [1.29, 1.82) is 0 Å². The first-order valence-electron chi connectivity index (χ1n) is 9.74. The fraction of sp³-hybridized carbons (Fsp3) is 0.115. The van der Waals surface area contributed by atoms with Gasteiger partial charge in [-0.3, -0.25) is 4.79 Å². The number of hydrogen-bond donors (Lipinski definition) is 2. The first-order chi connectivity index (χ1) is 15.0. The van der Waals surface area contributed by atoms with Gasteiger partial charge in [0.25, 0.3) is 0 Å². The van der Waals surface area contributed by atoms with Crippen LogP contribution >= 0.6 is 0 Å². The van der Waals surface area contributed by atoms with E-state index in [-0.39, 0.29) is 22.8 Å². The maximum absolute atomic E-state index is 12.4. The van der Waals surface area contributed by atoms with E-state index >= 15 is 0 Å². The second kappa shape index (κ2) is 10.2. The highest BCUT2D eigenvalue weighted by Crippen LogP contribution is 2.26. The highest BCUT2D eigenvalue weighted by atomic mass is 16.5. The van der Waals surface area contributed by atoms with Crippen molar-refractivity contribution in [3.05, 3.63) is 102 Å². The first kappa shape index (κ1) is 21.7. The van der Waals surface area contributed by atoms with Gasteiger partial charge in [0.1, 0.15) is 29.6 Å². The van der Waals surface area contributed by atoms with Gasteiger partial charge in [-0.1, -0.05) is 36.4 Å². The van der Waals surface area contributed by atoms with Gasteiger partial charge < -0.3 is 19.7 Å². The number of carbonyl (C=O) groups is 1. The van der Waals surface area contributed by atoms with E-state index in [0.29, 0.717) is 18.8 Å². The monoisotopic (exact) mass is 416 g/mol. The number of rotatable bonds is 9. The number of phenolic OH excluding ortho intramolecular Hbond substituents is 2. The SMILES string of the molecule is C=CCc1ccccc1OCc1cc(/C=C/C(=O)c2ccc(O)cc2O)ccc1OC. The Morgan fingerprint density at radius 3 is 2.55 bits per heavy atom. The minimum atomic E-state index is -0.371. The number of aromatic hydroxyl groups is 2. The van der Waals surface area contributed by atoms with Gasteiger partial charge in [0, 0.05) is 11.6 Å². The van der Waals surface area contributed by atoms with Crippen LogP contribution < -0.4 is 9.47 Å². The zero-order valence-electron chi connectivity index (χ0n) is 17.2. The van der Waals surface area contributed by atoms with Crippen LogP contribution in [-0.2, 0) is 13.0 Å². The molecule has 0 atom stereocenters. The molecule has 0 aliphatic carbocycles. The maximum Gasteiger partial charge on any atom is 0.189 e. The Hall–Kier alpha value is -3.99. The predicted molar refractivity (Wildman–Crippen MR) is 121 cm³/mol. The minimum absolute atomic E-state index is 0.104. The van der Waals surface area contributed by atoms with E-state index < -0.39 is 0 Å². The quantitative estimate of drug-likeness (QED) is 0.281. The van der Waals surface area contributed by atoms with Crippen LogP contribution in [0.25, 0.3) is 6.08 Å². The molecule has 0 aliphatic heterocycles. The summed E-state index contributed by atoms with van der Waals surface area (Å²) in [6, 6.07) is 17.2. The van der Waals surface area contributed by atoms with Gasteiger partial charge >= 0.3 is 0 Å². The Bertz CT molecular complexity index is 1110. The van der Waals surface area contributed by atoms with Crippen molar-refractivity contribution in [3.8, 4) is 23.0 Å². The molecular formula is C26H24O5. The Labute approximate surface area is 181 Å². The van der Waals surface area contributed by atoms with Gasteiger partial charge in [-0.15, -0.1) is 6.58 Å². The number of ether oxygens (including phenoxy) is 2. The van der Waals surface area contributed by atoms with Crippen LogP contribution in [-0.4, -0.2) is 23.1 Å². The third-order valence-electron chi connectivity index (χ3n) is 4.70. The topological polar surface area (TPSA) is 76.0 Å². The molecule has 5 heteroatoms. The Morgan fingerprint density at radius 1 is 1.00 bits per heavy atom. The predicted octanol–water partition coefficient (Wildman–Crippen LogP) is 5.31. The number of phenols is 2. The number of benzene rings is 3. The molecule has 3 aromatic rings. The summed E-state index contributed by atoms with van der Waals surface area (Å²) in [4.78, 5) is 12.4. The first-order valence-corrected chi connectivity index (χ1v) is 9.74. The molecule has 0 amide bonds. The molecule has 0 aromatic heterocycles. The molecule has 0 radical (unpaired) electrons. The molecule has 0 aliphatic rings. The lowest BCUT2D eigenvalue weighted by Crippen LogP contribution is -2.01. The molecule has 5 nitrogen and oxygen atoms in total. The van der Waals surface area contributed by atoms with Crippen molar-refractivity contribution in [2.45, 2.75) is 13.0 Å². The summed E-state index contributed by atoms with van der Waals surface area (Å²) in [7, 11) is 1.59. The minimum Gasteiger partial charge on any atom is -0.508 e. The van der Waals surface area contributed by atoms with Crippen molar-refractivity contribution in [3.63, 3.8) is 0 Å². The number of ketones is 1. The summed E-state index contributed by atoms with van der Waals surface area (Å²) in [5, 5.41) is 19.2. The molecule has 0 saturated carbocycles. The lowest BCUT2D eigenvalue weighted by Gasteiger charge is -2.13. The molecule has 31 heavy (non-hydrogen) atoms. The molecule has 158 valence electrons. The second-order valence-electron chi connectivity index (χ2n) is 6.86.